The molecule has 0 radical (unpaired) electrons. The third kappa shape index (κ3) is 5.48. The summed E-state index contributed by atoms with van der Waals surface area (Å²) in [5.74, 6) is 0.915. The molecule has 4 heteroatoms. The number of likely N-dealkylation sites (tertiary alicyclic amines) is 1. The van der Waals surface area contributed by atoms with Gasteiger partial charge in [-0.25, -0.2) is 0 Å². The highest BCUT2D eigenvalue weighted by atomic mass is 16.5. The van der Waals surface area contributed by atoms with Crippen LogP contribution < -0.4 is 10.1 Å². The molecule has 1 heterocycles. The Morgan fingerprint density at radius 3 is 2.57 bits per heavy atom. The first-order valence-electron chi connectivity index (χ1n) is 7.90. The fourth-order valence-electron chi connectivity index (χ4n) is 2.67. The van der Waals surface area contributed by atoms with Crippen LogP contribution in [0.5, 0.6) is 5.75 Å². The van der Waals surface area contributed by atoms with Gasteiger partial charge in [0.05, 0.1) is 13.7 Å². The second-order valence-electron chi connectivity index (χ2n) is 5.58. The zero-order valence-corrected chi connectivity index (χ0v) is 12.9. The molecule has 1 aromatic carbocycles. The molecule has 0 spiro atoms. The second-order valence-corrected chi connectivity index (χ2v) is 5.58. The van der Waals surface area contributed by atoms with Crippen LogP contribution in [0.1, 0.15) is 36.0 Å². The molecular weight excluding hydrogens is 264 g/mol. The summed E-state index contributed by atoms with van der Waals surface area (Å²) >= 11 is 0. The highest BCUT2D eigenvalue weighted by Crippen LogP contribution is 2.11. The molecule has 0 amide bonds. The van der Waals surface area contributed by atoms with Gasteiger partial charge in [0, 0.05) is 5.56 Å². The van der Waals surface area contributed by atoms with Crippen LogP contribution in [-0.4, -0.2) is 50.5 Å². The highest BCUT2D eigenvalue weighted by Gasteiger charge is 2.10. The normalized spacial score (nSPS) is 15.3. The highest BCUT2D eigenvalue weighted by molar-refractivity contribution is 5.97. The maximum atomic E-state index is 12.0. The molecule has 1 N–H and O–H groups in total. The molecule has 21 heavy (non-hydrogen) atoms. The van der Waals surface area contributed by atoms with Gasteiger partial charge in [-0.05, 0) is 76.1 Å². The van der Waals surface area contributed by atoms with E-state index in [0.29, 0.717) is 6.54 Å². The van der Waals surface area contributed by atoms with E-state index in [-0.39, 0.29) is 5.78 Å². The summed E-state index contributed by atoms with van der Waals surface area (Å²) in [7, 11) is 1.63. The monoisotopic (exact) mass is 290 g/mol. The van der Waals surface area contributed by atoms with Crippen molar-refractivity contribution in [2.24, 2.45) is 0 Å². The van der Waals surface area contributed by atoms with Crippen LogP contribution in [0.2, 0.25) is 0 Å². The number of benzene rings is 1. The van der Waals surface area contributed by atoms with Crippen LogP contribution in [0, 0.1) is 0 Å². The van der Waals surface area contributed by atoms with Crippen LogP contribution in [0.25, 0.3) is 0 Å². The van der Waals surface area contributed by atoms with Crippen LogP contribution in [0.4, 0.5) is 0 Å². The van der Waals surface area contributed by atoms with E-state index >= 15 is 0 Å². The summed E-state index contributed by atoms with van der Waals surface area (Å²) in [4.78, 5) is 14.5. The van der Waals surface area contributed by atoms with Crippen LogP contribution >= 0.6 is 0 Å². The first-order chi connectivity index (χ1) is 10.3. The van der Waals surface area contributed by atoms with Gasteiger partial charge in [0.15, 0.2) is 5.78 Å². The number of Topliss-reactive ketones (excluding diaryl/α,β-unsaturated/α-hetero) is 1. The summed E-state index contributed by atoms with van der Waals surface area (Å²) in [6, 6.07) is 7.28. The van der Waals surface area contributed by atoms with Crippen molar-refractivity contribution in [1.29, 1.82) is 0 Å². The molecule has 1 fully saturated rings. The lowest BCUT2D eigenvalue weighted by atomic mass is 10.1. The Kier molecular flexibility index (Phi) is 6.70. The molecule has 4 nitrogen and oxygen atoms in total. The number of methoxy groups -OCH3 is 1. The minimum atomic E-state index is 0.136. The molecule has 0 unspecified atom stereocenters. The van der Waals surface area contributed by atoms with E-state index in [4.69, 9.17) is 4.74 Å². The van der Waals surface area contributed by atoms with Gasteiger partial charge in [0.1, 0.15) is 5.75 Å². The second kappa shape index (κ2) is 8.80. The molecular formula is C17H26N2O2. The Hall–Kier alpha value is -1.39. The lowest BCUT2D eigenvalue weighted by Gasteiger charge is -2.13. The van der Waals surface area contributed by atoms with E-state index < -0.39 is 0 Å². The number of carbonyl (C=O) groups is 1. The smallest absolute Gasteiger partial charge is 0.176 e. The molecule has 2 rings (SSSR count). The molecule has 0 aliphatic carbocycles. The third-order valence-corrected chi connectivity index (χ3v) is 3.97. The molecule has 0 saturated carbocycles. The summed E-state index contributed by atoms with van der Waals surface area (Å²) in [6.07, 6.45) is 5.05. The fourth-order valence-corrected chi connectivity index (χ4v) is 2.67. The number of hydrogen-bond donors (Lipinski definition) is 1. The first kappa shape index (κ1) is 16.0. The van der Waals surface area contributed by atoms with Gasteiger partial charge in [-0.2, -0.15) is 0 Å². The van der Waals surface area contributed by atoms with Crippen LogP contribution in [0.3, 0.4) is 0 Å². The van der Waals surface area contributed by atoms with Gasteiger partial charge in [0.25, 0.3) is 0 Å². The van der Waals surface area contributed by atoms with E-state index in [1.54, 1.807) is 7.11 Å². The average molecular weight is 290 g/mol. The Balaban J connectivity index is 1.55. The van der Waals surface area contributed by atoms with Crippen molar-refractivity contribution in [2.45, 2.75) is 25.7 Å². The lowest BCUT2D eigenvalue weighted by molar-refractivity contribution is 0.0991. The van der Waals surface area contributed by atoms with Crippen molar-refractivity contribution in [1.82, 2.24) is 10.2 Å². The number of unbranched alkanes of at least 4 members (excludes halogenated alkanes) is 1. The lowest BCUT2D eigenvalue weighted by Crippen LogP contribution is -2.25. The molecule has 1 aromatic rings. The standard InChI is InChI=1S/C17H26N2O2/c1-21-16-8-6-15(7-9-16)17(20)14-18-10-2-3-11-19-12-4-5-13-19/h6-9,18H,2-5,10-14H2,1H3. The number of ether oxygens (including phenoxy) is 1. The Morgan fingerprint density at radius 1 is 1.19 bits per heavy atom. The van der Waals surface area contributed by atoms with Crippen molar-refractivity contribution in [2.75, 3.05) is 39.8 Å². The van der Waals surface area contributed by atoms with E-state index in [2.05, 4.69) is 10.2 Å². The first-order valence-corrected chi connectivity index (χ1v) is 7.90. The predicted molar refractivity (Wildman–Crippen MR) is 85.1 cm³/mol. The maximum absolute atomic E-state index is 12.0. The maximum Gasteiger partial charge on any atom is 0.176 e. The largest absolute Gasteiger partial charge is 0.497 e. The van der Waals surface area contributed by atoms with Gasteiger partial charge >= 0.3 is 0 Å². The number of hydrogen-bond acceptors (Lipinski definition) is 4. The fraction of sp³-hybridized carbons (Fsp3) is 0.588. The molecule has 0 aromatic heterocycles. The zero-order chi connectivity index (χ0) is 14.9. The van der Waals surface area contributed by atoms with Gasteiger partial charge in [-0.15, -0.1) is 0 Å². The van der Waals surface area contributed by atoms with Crippen molar-refractivity contribution in [3.05, 3.63) is 29.8 Å². The van der Waals surface area contributed by atoms with Crippen molar-refractivity contribution < 1.29 is 9.53 Å². The number of rotatable bonds is 9. The quantitative estimate of drug-likeness (QED) is 0.560. The number of ketones is 1. The van der Waals surface area contributed by atoms with Gasteiger partial charge in [-0.3, -0.25) is 4.79 Å². The molecule has 0 atom stereocenters. The summed E-state index contributed by atoms with van der Waals surface area (Å²) < 4.78 is 5.09. The van der Waals surface area contributed by atoms with E-state index in [9.17, 15) is 4.79 Å². The molecule has 1 aliphatic heterocycles. The Labute approximate surface area is 127 Å². The molecule has 1 aliphatic rings. The third-order valence-electron chi connectivity index (χ3n) is 3.97. The zero-order valence-electron chi connectivity index (χ0n) is 12.9. The minimum Gasteiger partial charge on any atom is -0.497 e. The van der Waals surface area contributed by atoms with Crippen LogP contribution in [-0.2, 0) is 0 Å². The number of carbonyl (C=O) groups excluding carboxylic acids is 1. The molecule has 1 saturated heterocycles. The van der Waals surface area contributed by atoms with Crippen molar-refractivity contribution in [3.8, 4) is 5.75 Å². The van der Waals surface area contributed by atoms with E-state index in [0.717, 1.165) is 24.3 Å². The van der Waals surface area contributed by atoms with Crippen molar-refractivity contribution >= 4 is 5.78 Å². The summed E-state index contributed by atoms with van der Waals surface area (Å²) in [5.41, 5.74) is 0.736. The van der Waals surface area contributed by atoms with Crippen LogP contribution in [0.15, 0.2) is 24.3 Å². The number of nitrogens with zero attached hydrogens (tertiary/aromatic N) is 1. The topological polar surface area (TPSA) is 41.6 Å². The SMILES string of the molecule is COc1ccc(C(=O)CNCCCCN2CCCC2)cc1. The van der Waals surface area contributed by atoms with Gasteiger partial charge in [-0.1, -0.05) is 0 Å². The van der Waals surface area contributed by atoms with Gasteiger partial charge < -0.3 is 15.0 Å². The molecule has 116 valence electrons. The van der Waals surface area contributed by atoms with Gasteiger partial charge in [0.2, 0.25) is 0 Å². The molecule has 0 bridgehead atoms. The Morgan fingerprint density at radius 2 is 1.90 bits per heavy atom. The minimum absolute atomic E-state index is 0.136. The average Bonchev–Trinajstić information content (AvgIpc) is 3.04. The predicted octanol–water partition coefficient (Wildman–Crippen LogP) is 2.34. The summed E-state index contributed by atoms with van der Waals surface area (Å²) in [5, 5.41) is 3.24. The summed E-state index contributed by atoms with van der Waals surface area (Å²) in [6.45, 7) is 5.06. The van der Waals surface area contributed by atoms with E-state index in [1.165, 1.54) is 38.9 Å². The Bertz CT molecular complexity index is 425. The van der Waals surface area contributed by atoms with E-state index in [1.807, 2.05) is 24.3 Å². The van der Waals surface area contributed by atoms with Crippen molar-refractivity contribution in [3.63, 3.8) is 0 Å². The number of nitrogens with one attached hydrogen (secondary N) is 1.